The lowest BCUT2D eigenvalue weighted by atomic mass is 10.6. The van der Waals surface area contributed by atoms with Crippen LogP contribution in [-0.2, 0) is 9.47 Å². The van der Waals surface area contributed by atoms with Gasteiger partial charge in [-0.1, -0.05) is 0 Å². The normalized spacial score (nSPS) is 11.5. The molecule has 0 aliphatic carbocycles. The van der Waals surface area contributed by atoms with Gasteiger partial charge in [0.25, 0.3) is 0 Å². The molecule has 12 heavy (non-hydrogen) atoms. The molecule has 0 unspecified atom stereocenters. The first-order valence-electron chi connectivity index (χ1n) is 2.61. The largest absolute Gasteiger partial charge is 0.513 e. The van der Waals surface area contributed by atoms with Gasteiger partial charge in [-0.3, -0.25) is 0 Å². The maximum absolute atomic E-state index is 12.3. The molecule has 0 amide bonds. The zero-order chi connectivity index (χ0) is 9.72. The van der Waals surface area contributed by atoms with Crippen LogP contribution in [-0.4, -0.2) is 22.5 Å². The molecule has 0 fully saturated rings. The van der Waals surface area contributed by atoms with E-state index in [1.807, 2.05) is 0 Å². The number of hydrogen-bond donors (Lipinski definition) is 2. The van der Waals surface area contributed by atoms with Crippen LogP contribution < -0.4 is 0 Å². The van der Waals surface area contributed by atoms with Crippen molar-refractivity contribution in [3.63, 3.8) is 0 Å². The molecule has 0 spiro atoms. The Morgan fingerprint density at radius 2 is 1.58 bits per heavy atom. The number of ether oxygens (including phenoxy) is 2. The number of rotatable bonds is 2. The molecule has 0 aromatic rings. The van der Waals surface area contributed by atoms with Crippen molar-refractivity contribution >= 4 is 12.3 Å². The summed E-state index contributed by atoms with van der Waals surface area (Å²) in [6.07, 6.45) is -3.64. The van der Waals surface area contributed by atoms with Gasteiger partial charge in [0.1, 0.15) is 0 Å². The first kappa shape index (κ1) is 10.2. The van der Waals surface area contributed by atoms with E-state index in [0.717, 1.165) is 6.92 Å². The Morgan fingerprint density at radius 3 is 1.92 bits per heavy atom. The quantitative estimate of drug-likeness (QED) is 0.494. The van der Waals surface area contributed by atoms with Crippen LogP contribution in [0.3, 0.4) is 0 Å². The highest BCUT2D eigenvalue weighted by atomic mass is 19.1. The van der Waals surface area contributed by atoms with Gasteiger partial charge < -0.3 is 19.7 Å². The van der Waals surface area contributed by atoms with Gasteiger partial charge in [-0.05, 0) is 0 Å². The van der Waals surface area contributed by atoms with E-state index in [1.165, 1.54) is 0 Å². The standard InChI is InChI=1S/C5H5FO6/c1-2(11-4(7)8)3(6)12-5(9)10/h1H3,(H,7,8)(H,9,10)/b3-2+. The summed E-state index contributed by atoms with van der Waals surface area (Å²) >= 11 is 0. The Balaban J connectivity index is 4.25. The van der Waals surface area contributed by atoms with Crippen molar-refractivity contribution in [1.29, 1.82) is 0 Å². The van der Waals surface area contributed by atoms with Crippen molar-refractivity contribution in [2.24, 2.45) is 0 Å². The second-order valence-corrected chi connectivity index (χ2v) is 1.57. The average Bonchev–Trinajstić information content (AvgIpc) is 1.84. The molecule has 0 aliphatic heterocycles. The minimum atomic E-state index is -1.89. The van der Waals surface area contributed by atoms with Gasteiger partial charge in [0.15, 0.2) is 5.76 Å². The van der Waals surface area contributed by atoms with Gasteiger partial charge in [-0.2, -0.15) is 4.39 Å². The van der Waals surface area contributed by atoms with E-state index < -0.39 is 24.1 Å². The molecule has 0 aromatic heterocycles. The van der Waals surface area contributed by atoms with Crippen LogP contribution in [0.15, 0.2) is 11.8 Å². The number of allylic oxidation sites excluding steroid dienone is 1. The van der Waals surface area contributed by atoms with Crippen molar-refractivity contribution < 1.29 is 33.7 Å². The molecule has 7 heteroatoms. The summed E-state index contributed by atoms with van der Waals surface area (Å²) in [4.78, 5) is 19.5. The van der Waals surface area contributed by atoms with Crippen molar-refractivity contribution in [2.45, 2.75) is 6.92 Å². The molecule has 6 nitrogen and oxygen atoms in total. The minimum Gasteiger partial charge on any atom is -0.449 e. The molecule has 2 N–H and O–H groups in total. The van der Waals surface area contributed by atoms with Crippen LogP contribution in [0, 0.1) is 0 Å². The summed E-state index contributed by atoms with van der Waals surface area (Å²) < 4.78 is 19.5. The number of halogens is 1. The third kappa shape index (κ3) is 4.09. The molecule has 0 radical (unpaired) electrons. The third-order valence-electron chi connectivity index (χ3n) is 0.694. The lowest BCUT2D eigenvalue weighted by Crippen LogP contribution is -2.03. The highest BCUT2D eigenvalue weighted by Gasteiger charge is 2.11. The van der Waals surface area contributed by atoms with Crippen molar-refractivity contribution in [2.75, 3.05) is 0 Å². The van der Waals surface area contributed by atoms with Crippen LogP contribution >= 0.6 is 0 Å². The lowest BCUT2D eigenvalue weighted by molar-refractivity contribution is 0.0778. The number of hydrogen-bond acceptors (Lipinski definition) is 4. The van der Waals surface area contributed by atoms with E-state index in [2.05, 4.69) is 9.47 Å². The molecule has 0 heterocycles. The first-order chi connectivity index (χ1) is 5.43. The summed E-state index contributed by atoms with van der Waals surface area (Å²) in [6.45, 7) is 0.909. The number of carbonyl (C=O) groups is 2. The Morgan fingerprint density at radius 1 is 1.17 bits per heavy atom. The lowest BCUT2D eigenvalue weighted by Gasteiger charge is -2.00. The summed E-state index contributed by atoms with van der Waals surface area (Å²) in [5.41, 5.74) is 0. The van der Waals surface area contributed by atoms with Crippen molar-refractivity contribution in [3.05, 3.63) is 11.8 Å². The zero-order valence-corrected chi connectivity index (χ0v) is 5.91. The van der Waals surface area contributed by atoms with Gasteiger partial charge in [-0.15, -0.1) is 0 Å². The van der Waals surface area contributed by atoms with E-state index in [4.69, 9.17) is 10.2 Å². The maximum Gasteiger partial charge on any atom is 0.513 e. The molecule has 0 saturated carbocycles. The second-order valence-electron chi connectivity index (χ2n) is 1.57. The Kier molecular flexibility index (Phi) is 3.54. The first-order valence-corrected chi connectivity index (χ1v) is 2.61. The highest BCUT2D eigenvalue weighted by Crippen LogP contribution is 2.08. The van der Waals surface area contributed by atoms with Gasteiger partial charge >= 0.3 is 18.3 Å². The fraction of sp³-hybridized carbons (Fsp3) is 0.200. The van der Waals surface area contributed by atoms with Gasteiger partial charge in [0.2, 0.25) is 0 Å². The summed E-state index contributed by atoms with van der Waals surface area (Å²) in [5.74, 6) is -0.773. The fourth-order valence-corrected chi connectivity index (χ4v) is 0.320. The predicted molar refractivity (Wildman–Crippen MR) is 32.0 cm³/mol. The summed E-state index contributed by atoms with van der Waals surface area (Å²) in [7, 11) is 0. The molecule has 0 aliphatic rings. The van der Waals surface area contributed by atoms with E-state index in [0.29, 0.717) is 0 Å². The van der Waals surface area contributed by atoms with E-state index in [1.54, 1.807) is 0 Å². The SMILES string of the molecule is C/C(OC(=O)O)=C(/F)OC(=O)O. The molecule has 68 valence electrons. The monoisotopic (exact) mass is 180 g/mol. The smallest absolute Gasteiger partial charge is 0.449 e. The maximum atomic E-state index is 12.3. The Labute approximate surface area is 65.8 Å². The van der Waals surface area contributed by atoms with E-state index in [-0.39, 0.29) is 0 Å². The molecule has 0 bridgehead atoms. The van der Waals surface area contributed by atoms with Crippen LogP contribution in [0.4, 0.5) is 14.0 Å². The summed E-state index contributed by atoms with van der Waals surface area (Å²) in [5, 5.41) is 15.8. The second kappa shape index (κ2) is 4.16. The Hall–Kier alpha value is -1.79. The topological polar surface area (TPSA) is 93.1 Å². The molecular formula is C5H5FO6. The zero-order valence-electron chi connectivity index (χ0n) is 5.91. The summed E-state index contributed by atoms with van der Waals surface area (Å²) in [6, 6.07) is -1.61. The van der Waals surface area contributed by atoms with Crippen LogP contribution in [0.25, 0.3) is 0 Å². The molecular weight excluding hydrogens is 175 g/mol. The van der Waals surface area contributed by atoms with Crippen LogP contribution in [0.2, 0.25) is 0 Å². The fourth-order valence-electron chi connectivity index (χ4n) is 0.320. The molecule has 0 aromatic carbocycles. The van der Waals surface area contributed by atoms with Crippen LogP contribution in [0.5, 0.6) is 0 Å². The number of carboxylic acid groups (broad SMARTS) is 2. The van der Waals surface area contributed by atoms with Crippen molar-refractivity contribution in [3.8, 4) is 0 Å². The van der Waals surface area contributed by atoms with Gasteiger partial charge in [0.05, 0.1) is 0 Å². The van der Waals surface area contributed by atoms with E-state index >= 15 is 0 Å². The minimum absolute atomic E-state index is 0.773. The molecule has 0 saturated heterocycles. The van der Waals surface area contributed by atoms with Gasteiger partial charge in [-0.25, -0.2) is 9.59 Å². The third-order valence-corrected chi connectivity index (χ3v) is 0.694. The van der Waals surface area contributed by atoms with Crippen molar-refractivity contribution in [1.82, 2.24) is 0 Å². The average molecular weight is 180 g/mol. The predicted octanol–water partition coefficient (Wildman–Crippen LogP) is 1.53. The highest BCUT2D eigenvalue weighted by molar-refractivity contribution is 5.60. The van der Waals surface area contributed by atoms with Crippen LogP contribution in [0.1, 0.15) is 6.92 Å². The van der Waals surface area contributed by atoms with E-state index in [9.17, 15) is 14.0 Å². The molecule has 0 atom stereocenters. The van der Waals surface area contributed by atoms with Gasteiger partial charge in [0, 0.05) is 6.92 Å². The molecule has 0 rings (SSSR count). The Bertz CT molecular complexity index is 208.